The van der Waals surface area contributed by atoms with Crippen molar-refractivity contribution in [3.8, 4) is 0 Å². The zero-order valence-electron chi connectivity index (χ0n) is 10.7. The number of hydrogen-bond acceptors (Lipinski definition) is 4. The minimum absolute atomic E-state index is 0.0357. The average Bonchev–Trinajstić information content (AvgIpc) is 2.14. The molecule has 0 aliphatic carbocycles. The van der Waals surface area contributed by atoms with E-state index in [0.29, 0.717) is 26.2 Å². The van der Waals surface area contributed by atoms with Gasteiger partial charge in [-0.2, -0.15) is 0 Å². The van der Waals surface area contributed by atoms with Crippen molar-refractivity contribution in [2.75, 3.05) is 32.7 Å². The number of alkyl carbamates (subject to hydrolysis) is 1. The van der Waals surface area contributed by atoms with E-state index in [2.05, 4.69) is 10.6 Å². The lowest BCUT2D eigenvalue weighted by Crippen LogP contribution is -2.49. The number of nitrogens with zero attached hydrogens (tertiary/aromatic N) is 1. The maximum absolute atomic E-state index is 11.3. The molecule has 0 unspecified atom stereocenters. The van der Waals surface area contributed by atoms with Crippen LogP contribution in [0.2, 0.25) is 0 Å². The highest BCUT2D eigenvalue weighted by molar-refractivity contribution is 5.78. The van der Waals surface area contributed by atoms with Gasteiger partial charge in [-0.3, -0.25) is 9.69 Å². The van der Waals surface area contributed by atoms with Gasteiger partial charge in [0.05, 0.1) is 6.54 Å². The normalized spacial score (nSPS) is 17.5. The number of carbonyl (C=O) groups is 2. The Hall–Kier alpha value is -1.30. The maximum Gasteiger partial charge on any atom is 0.407 e. The number of rotatable bonds is 3. The molecule has 0 radical (unpaired) electrons. The molecule has 1 saturated heterocycles. The van der Waals surface area contributed by atoms with Gasteiger partial charge in [-0.15, -0.1) is 0 Å². The van der Waals surface area contributed by atoms with Crippen molar-refractivity contribution in [1.82, 2.24) is 15.5 Å². The van der Waals surface area contributed by atoms with Gasteiger partial charge in [-0.25, -0.2) is 4.79 Å². The smallest absolute Gasteiger partial charge is 0.407 e. The minimum atomic E-state index is -0.477. The second-order valence-electron chi connectivity index (χ2n) is 5.05. The van der Waals surface area contributed by atoms with E-state index in [-0.39, 0.29) is 5.91 Å². The van der Waals surface area contributed by atoms with E-state index in [0.717, 1.165) is 6.54 Å². The number of piperazine rings is 1. The zero-order chi connectivity index (χ0) is 12.9. The second-order valence-corrected chi connectivity index (χ2v) is 5.05. The standard InChI is InChI=1S/C11H21N3O3/c1-11(2,3)17-10(16)13-5-7-14-6-4-12-9(15)8-14/h4-8H2,1-3H3,(H,12,15)(H,13,16). The minimum Gasteiger partial charge on any atom is -0.444 e. The third-order valence-electron chi connectivity index (χ3n) is 2.21. The molecule has 0 atom stereocenters. The molecule has 1 rings (SSSR count). The molecular formula is C11H21N3O3. The SMILES string of the molecule is CC(C)(C)OC(=O)NCCN1CCNC(=O)C1. The molecule has 0 aromatic carbocycles. The lowest BCUT2D eigenvalue weighted by atomic mass is 10.2. The topological polar surface area (TPSA) is 70.7 Å². The molecule has 0 spiro atoms. The van der Waals surface area contributed by atoms with Crippen LogP contribution in [0.5, 0.6) is 0 Å². The van der Waals surface area contributed by atoms with Gasteiger partial charge in [0, 0.05) is 26.2 Å². The summed E-state index contributed by atoms with van der Waals surface area (Å²) in [5, 5.41) is 5.42. The molecule has 6 nitrogen and oxygen atoms in total. The van der Waals surface area contributed by atoms with E-state index in [1.165, 1.54) is 0 Å². The summed E-state index contributed by atoms with van der Waals surface area (Å²) in [7, 11) is 0. The number of ether oxygens (including phenoxy) is 1. The number of nitrogens with one attached hydrogen (secondary N) is 2. The first-order valence-corrected chi connectivity index (χ1v) is 5.83. The van der Waals surface area contributed by atoms with Crippen LogP contribution in [0.4, 0.5) is 4.79 Å². The first kappa shape index (κ1) is 13.8. The fraction of sp³-hybridized carbons (Fsp3) is 0.818. The van der Waals surface area contributed by atoms with E-state index in [9.17, 15) is 9.59 Å². The number of carbonyl (C=O) groups excluding carboxylic acids is 2. The van der Waals surface area contributed by atoms with Gasteiger partial charge in [-0.05, 0) is 20.8 Å². The predicted octanol–water partition coefficient (Wildman–Crippen LogP) is -0.0571. The Balaban J connectivity index is 2.15. The summed E-state index contributed by atoms with van der Waals surface area (Å²) < 4.78 is 5.10. The number of amides is 2. The van der Waals surface area contributed by atoms with Crippen LogP contribution in [0.15, 0.2) is 0 Å². The average molecular weight is 243 g/mol. The van der Waals surface area contributed by atoms with E-state index >= 15 is 0 Å². The third-order valence-corrected chi connectivity index (χ3v) is 2.21. The molecule has 2 N–H and O–H groups in total. The Kier molecular flexibility index (Phi) is 4.74. The van der Waals surface area contributed by atoms with Crippen LogP contribution in [0.25, 0.3) is 0 Å². The summed E-state index contributed by atoms with van der Waals surface area (Å²) in [5.74, 6) is 0.0357. The van der Waals surface area contributed by atoms with Gasteiger partial charge in [0.25, 0.3) is 0 Å². The van der Waals surface area contributed by atoms with Gasteiger partial charge in [0.1, 0.15) is 5.60 Å². The second kappa shape index (κ2) is 5.86. The maximum atomic E-state index is 11.3. The molecule has 0 saturated carbocycles. The molecule has 1 heterocycles. The van der Waals surface area contributed by atoms with E-state index in [4.69, 9.17) is 4.74 Å². The van der Waals surface area contributed by atoms with E-state index in [1.807, 2.05) is 25.7 Å². The summed E-state index contributed by atoms with van der Waals surface area (Å²) in [4.78, 5) is 24.4. The van der Waals surface area contributed by atoms with Crippen molar-refractivity contribution in [3.63, 3.8) is 0 Å². The van der Waals surface area contributed by atoms with Gasteiger partial charge in [0.15, 0.2) is 0 Å². The quantitative estimate of drug-likeness (QED) is 0.728. The molecule has 98 valence electrons. The van der Waals surface area contributed by atoms with Crippen LogP contribution in [0, 0.1) is 0 Å². The molecule has 0 aromatic heterocycles. The highest BCUT2D eigenvalue weighted by Crippen LogP contribution is 2.06. The molecule has 17 heavy (non-hydrogen) atoms. The fourth-order valence-electron chi connectivity index (χ4n) is 1.51. The van der Waals surface area contributed by atoms with Crippen molar-refractivity contribution in [1.29, 1.82) is 0 Å². The van der Waals surface area contributed by atoms with Crippen molar-refractivity contribution in [2.24, 2.45) is 0 Å². The van der Waals surface area contributed by atoms with Gasteiger partial charge >= 0.3 is 6.09 Å². The zero-order valence-corrected chi connectivity index (χ0v) is 10.7. The van der Waals surface area contributed by atoms with Crippen molar-refractivity contribution < 1.29 is 14.3 Å². The third kappa shape index (κ3) is 6.11. The molecule has 6 heteroatoms. The Morgan fingerprint density at radius 3 is 2.82 bits per heavy atom. The molecule has 0 aromatic rings. The summed E-state index contributed by atoms with van der Waals surface area (Å²) in [6, 6.07) is 0. The summed E-state index contributed by atoms with van der Waals surface area (Å²) in [6.07, 6.45) is -0.418. The monoisotopic (exact) mass is 243 g/mol. The van der Waals surface area contributed by atoms with Crippen LogP contribution in [-0.2, 0) is 9.53 Å². The van der Waals surface area contributed by atoms with Gasteiger partial charge < -0.3 is 15.4 Å². The molecule has 1 aliphatic heterocycles. The molecule has 1 fully saturated rings. The van der Waals surface area contributed by atoms with Crippen molar-refractivity contribution in [2.45, 2.75) is 26.4 Å². The highest BCUT2D eigenvalue weighted by Gasteiger charge is 2.17. The van der Waals surface area contributed by atoms with Gasteiger partial charge in [-0.1, -0.05) is 0 Å². The molecule has 0 bridgehead atoms. The lowest BCUT2D eigenvalue weighted by molar-refractivity contribution is -0.124. The van der Waals surface area contributed by atoms with Gasteiger partial charge in [0.2, 0.25) is 5.91 Å². The van der Waals surface area contributed by atoms with Crippen LogP contribution >= 0.6 is 0 Å². The largest absolute Gasteiger partial charge is 0.444 e. The first-order chi connectivity index (χ1) is 7.87. The first-order valence-electron chi connectivity index (χ1n) is 5.83. The highest BCUT2D eigenvalue weighted by atomic mass is 16.6. The Morgan fingerprint density at radius 1 is 1.53 bits per heavy atom. The van der Waals surface area contributed by atoms with Crippen molar-refractivity contribution in [3.05, 3.63) is 0 Å². The van der Waals surface area contributed by atoms with Crippen LogP contribution < -0.4 is 10.6 Å². The van der Waals surface area contributed by atoms with Crippen LogP contribution in [0.3, 0.4) is 0 Å². The van der Waals surface area contributed by atoms with E-state index < -0.39 is 11.7 Å². The van der Waals surface area contributed by atoms with Crippen LogP contribution in [-0.4, -0.2) is 55.2 Å². The molecule has 1 aliphatic rings. The summed E-state index contributed by atoms with van der Waals surface area (Å²) >= 11 is 0. The fourth-order valence-corrected chi connectivity index (χ4v) is 1.51. The summed E-state index contributed by atoms with van der Waals surface area (Å²) in [6.45, 7) is 8.50. The lowest BCUT2D eigenvalue weighted by Gasteiger charge is -2.26. The van der Waals surface area contributed by atoms with Crippen molar-refractivity contribution >= 4 is 12.0 Å². The Bertz CT molecular complexity index is 286. The molecular weight excluding hydrogens is 222 g/mol. The van der Waals surface area contributed by atoms with Crippen LogP contribution in [0.1, 0.15) is 20.8 Å². The Morgan fingerprint density at radius 2 is 2.24 bits per heavy atom. The van der Waals surface area contributed by atoms with E-state index in [1.54, 1.807) is 0 Å². The summed E-state index contributed by atoms with van der Waals surface area (Å²) in [5.41, 5.74) is -0.477. The number of hydrogen-bond donors (Lipinski definition) is 2. The predicted molar refractivity (Wildman–Crippen MR) is 63.7 cm³/mol. The molecule has 2 amide bonds. The Labute approximate surface area is 102 Å².